The molecule has 0 saturated carbocycles. The molecule has 6 heteroatoms. The third-order valence-corrected chi connectivity index (χ3v) is 5.73. The van der Waals surface area contributed by atoms with E-state index in [1.807, 2.05) is 36.4 Å². The minimum Gasteiger partial charge on any atom is -0.289 e. The van der Waals surface area contributed by atoms with Crippen molar-refractivity contribution in [3.63, 3.8) is 0 Å². The molecule has 5 nitrogen and oxygen atoms in total. The van der Waals surface area contributed by atoms with E-state index >= 15 is 0 Å². The molecule has 0 aliphatic rings. The summed E-state index contributed by atoms with van der Waals surface area (Å²) in [6.07, 6.45) is 2.98. The van der Waals surface area contributed by atoms with Crippen LogP contribution in [-0.4, -0.2) is 21.0 Å². The van der Waals surface area contributed by atoms with Crippen LogP contribution in [0.1, 0.15) is 22.4 Å². The van der Waals surface area contributed by atoms with Gasteiger partial charge in [-0.25, -0.2) is 5.48 Å². The van der Waals surface area contributed by atoms with Gasteiger partial charge in [-0.05, 0) is 47.0 Å². The van der Waals surface area contributed by atoms with Crippen molar-refractivity contribution < 1.29 is 10.0 Å². The molecule has 0 unspecified atom stereocenters. The molecule has 0 aliphatic carbocycles. The van der Waals surface area contributed by atoms with Gasteiger partial charge >= 0.3 is 0 Å². The number of benzene rings is 3. The number of pyridine rings is 1. The zero-order valence-corrected chi connectivity index (χ0v) is 19.6. The predicted octanol–water partition coefficient (Wildman–Crippen LogP) is 5.72. The van der Waals surface area contributed by atoms with E-state index in [0.717, 1.165) is 45.3 Å². The van der Waals surface area contributed by atoms with Crippen LogP contribution in [0.3, 0.4) is 0 Å². The molecule has 0 radical (unpaired) electrons. The molecule has 0 bridgehead atoms. The largest absolute Gasteiger partial charge is 0.289 e. The molecule has 1 amide bonds. The Bertz CT molecular complexity index is 1270. The molecule has 3 aromatic carbocycles. The molecule has 1 aromatic heterocycles. The quantitative estimate of drug-likeness (QED) is 0.184. The number of nitrogens with one attached hydrogen (secondary N) is 1. The average Bonchev–Trinajstić information content (AvgIpc) is 2.83. The summed E-state index contributed by atoms with van der Waals surface area (Å²) in [6, 6.07) is 28.7. The second-order valence-electron chi connectivity index (χ2n) is 7.82. The predicted molar refractivity (Wildman–Crippen MR) is 134 cm³/mol. The van der Waals surface area contributed by atoms with Crippen LogP contribution in [-0.2, 0) is 24.4 Å². The number of fused-ring (bicyclic) bond motifs is 1. The Hall–Kier alpha value is -3.32. The number of nitrogens with zero attached hydrogens (tertiary/aromatic N) is 2. The maximum absolute atomic E-state index is 11.3. The summed E-state index contributed by atoms with van der Waals surface area (Å²) < 4.78 is 1.04. The van der Waals surface area contributed by atoms with Crippen molar-refractivity contribution in [1.29, 1.82) is 0 Å². The lowest BCUT2D eigenvalue weighted by Gasteiger charge is -2.23. The van der Waals surface area contributed by atoms with Gasteiger partial charge in [0.15, 0.2) is 0 Å². The summed E-state index contributed by atoms with van der Waals surface area (Å²) in [7, 11) is 0. The summed E-state index contributed by atoms with van der Waals surface area (Å²) >= 11 is 3.52. The second-order valence-corrected chi connectivity index (χ2v) is 8.74. The van der Waals surface area contributed by atoms with Gasteiger partial charge in [-0.3, -0.25) is 19.9 Å². The van der Waals surface area contributed by atoms with Gasteiger partial charge in [0.2, 0.25) is 0 Å². The number of hydrogen-bond donors (Lipinski definition) is 2. The van der Waals surface area contributed by atoms with Crippen molar-refractivity contribution in [2.75, 3.05) is 0 Å². The van der Waals surface area contributed by atoms with Gasteiger partial charge < -0.3 is 0 Å². The zero-order valence-electron chi connectivity index (χ0n) is 18.0. The minimum atomic E-state index is -0.555. The van der Waals surface area contributed by atoms with Gasteiger partial charge in [-0.15, -0.1) is 0 Å². The topological polar surface area (TPSA) is 65.5 Å². The molecule has 0 aliphatic heterocycles. The second kappa shape index (κ2) is 11.0. The van der Waals surface area contributed by atoms with Gasteiger partial charge in [0.05, 0.1) is 11.2 Å². The number of carbonyl (C=O) groups is 1. The van der Waals surface area contributed by atoms with Gasteiger partial charge in [0.1, 0.15) is 0 Å². The standard InChI is InChI=1S/C27H24BrN3O2/c28-24-11-13-26-23(16-24)10-12-25(29-26)19-31(17-21-5-2-1-3-6-21)18-22-8-4-7-20(15-22)9-14-27(32)30-33/h1-16,33H,17-19H2,(H,30,32)/b14-9+. The molecule has 0 spiro atoms. The first kappa shape index (κ1) is 22.9. The highest BCUT2D eigenvalue weighted by Crippen LogP contribution is 2.20. The van der Waals surface area contributed by atoms with E-state index < -0.39 is 5.91 Å². The highest BCUT2D eigenvalue weighted by molar-refractivity contribution is 9.10. The summed E-state index contributed by atoms with van der Waals surface area (Å²) in [4.78, 5) is 18.5. The molecule has 4 aromatic rings. The van der Waals surface area contributed by atoms with Crippen LogP contribution >= 0.6 is 15.9 Å². The molecular weight excluding hydrogens is 478 g/mol. The van der Waals surface area contributed by atoms with Crippen LogP contribution in [0.25, 0.3) is 17.0 Å². The first-order valence-electron chi connectivity index (χ1n) is 10.6. The highest BCUT2D eigenvalue weighted by Gasteiger charge is 2.11. The van der Waals surface area contributed by atoms with E-state index in [-0.39, 0.29) is 0 Å². The number of aromatic nitrogens is 1. The summed E-state index contributed by atoms with van der Waals surface area (Å²) in [6.45, 7) is 2.21. The van der Waals surface area contributed by atoms with Crippen LogP contribution in [0, 0.1) is 0 Å². The number of amides is 1. The summed E-state index contributed by atoms with van der Waals surface area (Å²) in [5, 5.41) is 9.79. The van der Waals surface area contributed by atoms with Crippen LogP contribution in [0.5, 0.6) is 0 Å². The molecule has 0 fully saturated rings. The smallest absolute Gasteiger partial charge is 0.267 e. The fourth-order valence-electron chi connectivity index (χ4n) is 3.73. The van der Waals surface area contributed by atoms with E-state index in [4.69, 9.17) is 10.2 Å². The summed E-state index contributed by atoms with van der Waals surface area (Å²) in [5.41, 5.74) is 6.85. The first-order chi connectivity index (χ1) is 16.1. The molecule has 2 N–H and O–H groups in total. The third-order valence-electron chi connectivity index (χ3n) is 5.24. The molecule has 166 valence electrons. The summed E-state index contributed by atoms with van der Waals surface area (Å²) in [5.74, 6) is -0.555. The number of rotatable bonds is 8. The lowest BCUT2D eigenvalue weighted by molar-refractivity contribution is -0.124. The van der Waals surface area contributed by atoms with E-state index in [2.05, 4.69) is 69.4 Å². The highest BCUT2D eigenvalue weighted by atomic mass is 79.9. The molecule has 0 atom stereocenters. The molecule has 1 heterocycles. The maximum Gasteiger partial charge on any atom is 0.267 e. The number of hydrogen-bond acceptors (Lipinski definition) is 4. The first-order valence-corrected chi connectivity index (χ1v) is 11.4. The normalized spacial score (nSPS) is 11.4. The Morgan fingerprint density at radius 1 is 0.909 bits per heavy atom. The average molecular weight is 502 g/mol. The van der Waals surface area contributed by atoms with Crippen molar-refractivity contribution in [1.82, 2.24) is 15.4 Å². The Balaban J connectivity index is 1.57. The van der Waals surface area contributed by atoms with Gasteiger partial charge in [0, 0.05) is 35.6 Å². The lowest BCUT2D eigenvalue weighted by Crippen LogP contribution is -2.23. The Morgan fingerprint density at radius 3 is 2.52 bits per heavy atom. The van der Waals surface area contributed by atoms with Gasteiger partial charge in [-0.2, -0.15) is 0 Å². The maximum atomic E-state index is 11.3. The van der Waals surface area contributed by atoms with Crippen LogP contribution < -0.4 is 5.48 Å². The number of carbonyl (C=O) groups excluding carboxylic acids is 1. The Labute approximate surface area is 201 Å². The van der Waals surface area contributed by atoms with Crippen LogP contribution in [0.15, 0.2) is 95.5 Å². The van der Waals surface area contributed by atoms with Gasteiger partial charge in [-0.1, -0.05) is 76.6 Å². The monoisotopic (exact) mass is 501 g/mol. The van der Waals surface area contributed by atoms with E-state index in [0.29, 0.717) is 6.54 Å². The van der Waals surface area contributed by atoms with Gasteiger partial charge in [0.25, 0.3) is 5.91 Å². The Kier molecular flexibility index (Phi) is 7.62. The van der Waals surface area contributed by atoms with Crippen molar-refractivity contribution in [3.05, 3.63) is 118 Å². The van der Waals surface area contributed by atoms with Crippen LogP contribution in [0.4, 0.5) is 0 Å². The lowest BCUT2D eigenvalue weighted by atomic mass is 10.1. The van der Waals surface area contributed by atoms with Crippen LogP contribution in [0.2, 0.25) is 0 Å². The zero-order chi connectivity index (χ0) is 23.0. The van der Waals surface area contributed by atoms with E-state index in [9.17, 15) is 4.79 Å². The van der Waals surface area contributed by atoms with Crippen molar-refractivity contribution >= 4 is 38.8 Å². The van der Waals surface area contributed by atoms with E-state index in [1.165, 1.54) is 11.6 Å². The van der Waals surface area contributed by atoms with Crippen molar-refractivity contribution in [2.45, 2.75) is 19.6 Å². The Morgan fingerprint density at radius 2 is 1.70 bits per heavy atom. The van der Waals surface area contributed by atoms with Crippen molar-refractivity contribution in [2.24, 2.45) is 0 Å². The fourth-order valence-corrected chi connectivity index (χ4v) is 4.11. The molecule has 33 heavy (non-hydrogen) atoms. The van der Waals surface area contributed by atoms with E-state index in [1.54, 1.807) is 11.6 Å². The SMILES string of the molecule is O=C(/C=C/c1cccc(CN(Cc2ccccc2)Cc2ccc3cc(Br)ccc3n2)c1)NO. The third kappa shape index (κ3) is 6.58. The molecule has 0 saturated heterocycles. The number of hydroxylamine groups is 1. The van der Waals surface area contributed by atoms with Crippen molar-refractivity contribution in [3.8, 4) is 0 Å². The molecular formula is C27H24BrN3O2. The number of halogens is 1. The minimum absolute atomic E-state index is 0.555. The molecule has 4 rings (SSSR count). The fraction of sp³-hybridized carbons (Fsp3) is 0.111.